The van der Waals surface area contributed by atoms with Gasteiger partial charge >= 0.3 is 142 Å². The minimum atomic E-state index is -2.40. The zero-order chi connectivity index (χ0) is 16.6. The number of rotatable bonds is 10. The van der Waals surface area contributed by atoms with Crippen molar-refractivity contribution >= 4 is 27.8 Å². The zero-order valence-electron chi connectivity index (χ0n) is 15.5. The molecule has 0 aliphatic carbocycles. The van der Waals surface area contributed by atoms with Crippen LogP contribution in [0.15, 0.2) is 6.07 Å². The van der Waals surface area contributed by atoms with Crippen molar-refractivity contribution in [1.82, 2.24) is 4.98 Å². The SMILES string of the molecule is CCC[CH2][Sn]([CH2]CCC)([CH2]CCC)[c]1cc(N)c(C)c(C)n1. The van der Waals surface area contributed by atoms with Crippen LogP contribution in [0.5, 0.6) is 0 Å². The quantitative estimate of drug-likeness (QED) is 0.529. The van der Waals surface area contributed by atoms with Crippen LogP contribution >= 0.6 is 0 Å². The second-order valence-corrected chi connectivity index (χ2v) is 19.9. The van der Waals surface area contributed by atoms with Crippen molar-refractivity contribution in [3.8, 4) is 0 Å². The second-order valence-electron chi connectivity index (χ2n) is 6.90. The summed E-state index contributed by atoms with van der Waals surface area (Å²) in [5.41, 5.74) is 9.59. The van der Waals surface area contributed by atoms with Gasteiger partial charge < -0.3 is 0 Å². The molecule has 0 unspecified atom stereocenters. The molecule has 0 spiro atoms. The Bertz CT molecular complexity index is 412. The van der Waals surface area contributed by atoms with Crippen molar-refractivity contribution in [3.05, 3.63) is 17.3 Å². The van der Waals surface area contributed by atoms with Gasteiger partial charge in [0.25, 0.3) is 0 Å². The summed E-state index contributed by atoms with van der Waals surface area (Å²) in [5, 5.41) is 0. The summed E-state index contributed by atoms with van der Waals surface area (Å²) in [4.78, 5) is 5.08. The molecule has 0 saturated carbocycles. The van der Waals surface area contributed by atoms with Crippen molar-refractivity contribution < 1.29 is 0 Å². The number of pyridine rings is 1. The predicted molar refractivity (Wildman–Crippen MR) is 103 cm³/mol. The molecule has 1 heterocycles. The number of anilines is 1. The summed E-state index contributed by atoms with van der Waals surface area (Å²) in [6.45, 7) is 11.2. The number of hydrogen-bond acceptors (Lipinski definition) is 2. The van der Waals surface area contributed by atoms with E-state index in [-0.39, 0.29) is 0 Å². The number of unbranched alkanes of at least 4 members (excludes halogenated alkanes) is 3. The molecule has 126 valence electrons. The maximum atomic E-state index is 6.30. The zero-order valence-corrected chi connectivity index (χ0v) is 18.3. The van der Waals surface area contributed by atoms with E-state index in [9.17, 15) is 0 Å². The molecule has 0 aromatic carbocycles. The van der Waals surface area contributed by atoms with E-state index in [1.807, 2.05) is 0 Å². The Morgan fingerprint density at radius 2 is 1.36 bits per heavy atom. The Morgan fingerprint density at radius 3 is 1.73 bits per heavy atom. The standard InChI is InChI=1S/C7H9N2.3C4H9.Sn/c1-5-6(2)9-4-3-7(5)8;3*1-3-4-2;/h3H,1-2H3,(H2,8,9);3*1,3-4H2,2H3;. The molecule has 0 amide bonds. The molecule has 1 rings (SSSR count). The molecular weight excluding hydrogens is 375 g/mol. The molecule has 2 nitrogen and oxygen atoms in total. The monoisotopic (exact) mass is 412 g/mol. The van der Waals surface area contributed by atoms with Gasteiger partial charge in [0.15, 0.2) is 0 Å². The van der Waals surface area contributed by atoms with Gasteiger partial charge in [-0.3, -0.25) is 0 Å². The fraction of sp³-hybridized carbons (Fsp3) is 0.737. The first-order valence-corrected chi connectivity index (χ1v) is 16.7. The molecule has 0 bridgehead atoms. The van der Waals surface area contributed by atoms with Gasteiger partial charge in [0, 0.05) is 0 Å². The summed E-state index contributed by atoms with van der Waals surface area (Å²) in [5.74, 6) is 0. The van der Waals surface area contributed by atoms with Crippen LogP contribution in [-0.2, 0) is 0 Å². The van der Waals surface area contributed by atoms with Gasteiger partial charge in [-0.15, -0.1) is 0 Å². The molecule has 1 aromatic rings. The number of hydrogen-bond donors (Lipinski definition) is 1. The molecule has 0 atom stereocenters. The summed E-state index contributed by atoms with van der Waals surface area (Å²) in [6, 6.07) is 2.26. The van der Waals surface area contributed by atoms with Gasteiger partial charge in [0.2, 0.25) is 0 Å². The third-order valence-corrected chi connectivity index (χ3v) is 20.2. The first-order chi connectivity index (χ1) is 10.5. The summed E-state index contributed by atoms with van der Waals surface area (Å²) in [6.07, 6.45) is 8.03. The molecule has 0 radical (unpaired) electrons. The molecule has 0 aliphatic heterocycles. The first-order valence-electron chi connectivity index (χ1n) is 9.25. The average Bonchev–Trinajstić information content (AvgIpc) is 2.52. The molecule has 3 heteroatoms. The number of nitrogens with two attached hydrogens (primary N) is 1. The van der Waals surface area contributed by atoms with Crippen LogP contribution in [-0.4, -0.2) is 23.4 Å². The second kappa shape index (κ2) is 9.79. The summed E-state index contributed by atoms with van der Waals surface area (Å²) in [7, 11) is 0. The van der Waals surface area contributed by atoms with Gasteiger partial charge in [-0.25, -0.2) is 0 Å². The number of nitrogen functional groups attached to an aromatic ring is 1. The molecular formula is C19H36N2Sn. The Hall–Kier alpha value is -0.251. The van der Waals surface area contributed by atoms with E-state index in [1.54, 1.807) is 0 Å². The fourth-order valence-electron chi connectivity index (χ4n) is 3.34. The molecule has 0 fully saturated rings. The molecule has 22 heavy (non-hydrogen) atoms. The van der Waals surface area contributed by atoms with Crippen molar-refractivity contribution in [3.63, 3.8) is 0 Å². The molecule has 2 N–H and O–H groups in total. The topological polar surface area (TPSA) is 38.9 Å². The normalized spacial score (nSPS) is 11.9. The van der Waals surface area contributed by atoms with Crippen molar-refractivity contribution in [1.29, 1.82) is 0 Å². The van der Waals surface area contributed by atoms with E-state index in [2.05, 4.69) is 40.7 Å². The Kier molecular flexibility index (Phi) is 8.81. The van der Waals surface area contributed by atoms with Crippen LogP contribution in [0.3, 0.4) is 0 Å². The van der Waals surface area contributed by atoms with E-state index in [1.165, 1.54) is 61.1 Å². The van der Waals surface area contributed by atoms with E-state index >= 15 is 0 Å². The van der Waals surface area contributed by atoms with Crippen LogP contribution in [0.2, 0.25) is 13.3 Å². The van der Waals surface area contributed by atoms with Gasteiger partial charge in [-0.2, -0.15) is 0 Å². The van der Waals surface area contributed by atoms with Gasteiger partial charge in [0.1, 0.15) is 0 Å². The first kappa shape index (κ1) is 19.8. The number of nitrogens with zero attached hydrogens (tertiary/aromatic N) is 1. The van der Waals surface area contributed by atoms with Crippen LogP contribution in [0.1, 0.15) is 70.6 Å². The molecule has 0 saturated heterocycles. The van der Waals surface area contributed by atoms with Crippen molar-refractivity contribution in [2.75, 3.05) is 5.73 Å². The van der Waals surface area contributed by atoms with E-state index < -0.39 is 18.4 Å². The fourth-order valence-corrected chi connectivity index (χ4v) is 19.0. The Balaban J connectivity index is 3.24. The number of aryl methyl sites for hydroxylation is 1. The van der Waals surface area contributed by atoms with E-state index in [4.69, 9.17) is 10.7 Å². The van der Waals surface area contributed by atoms with Crippen molar-refractivity contribution in [2.45, 2.75) is 86.5 Å². The van der Waals surface area contributed by atoms with E-state index in [0.717, 1.165) is 11.4 Å². The summed E-state index contributed by atoms with van der Waals surface area (Å²) < 4.78 is 5.84. The molecule has 1 aromatic heterocycles. The predicted octanol–water partition coefficient (Wildman–Crippen LogP) is 5.34. The van der Waals surface area contributed by atoms with E-state index in [0.29, 0.717) is 0 Å². The van der Waals surface area contributed by atoms with Gasteiger partial charge in [0.05, 0.1) is 0 Å². The third-order valence-electron chi connectivity index (χ3n) is 5.13. The molecule has 0 aliphatic rings. The van der Waals surface area contributed by atoms with Gasteiger partial charge in [-0.1, -0.05) is 0 Å². The van der Waals surface area contributed by atoms with Crippen LogP contribution < -0.4 is 9.44 Å². The van der Waals surface area contributed by atoms with Crippen LogP contribution in [0.25, 0.3) is 0 Å². The average molecular weight is 411 g/mol. The summed E-state index contributed by atoms with van der Waals surface area (Å²) >= 11 is -2.40. The van der Waals surface area contributed by atoms with Crippen LogP contribution in [0, 0.1) is 13.8 Å². The Labute approximate surface area is 142 Å². The minimum absolute atomic E-state index is 0.966. The van der Waals surface area contributed by atoms with Gasteiger partial charge in [-0.05, 0) is 0 Å². The van der Waals surface area contributed by atoms with Crippen LogP contribution in [0.4, 0.5) is 5.69 Å². The Morgan fingerprint density at radius 1 is 0.909 bits per heavy atom. The van der Waals surface area contributed by atoms with Crippen molar-refractivity contribution in [2.24, 2.45) is 0 Å². The number of aromatic nitrogens is 1. The third kappa shape index (κ3) is 5.14. The maximum absolute atomic E-state index is 6.30.